The number of amides is 2. The summed E-state index contributed by atoms with van der Waals surface area (Å²) < 4.78 is 10.9. The number of rotatable bonds is 6. The number of aryl methyl sites for hydroxylation is 2. The van der Waals surface area contributed by atoms with Gasteiger partial charge in [-0.15, -0.1) is 0 Å². The molecule has 28 heavy (non-hydrogen) atoms. The second-order valence-electron chi connectivity index (χ2n) is 5.93. The molecule has 0 unspecified atom stereocenters. The lowest BCUT2D eigenvalue weighted by atomic mass is 10.1. The van der Waals surface area contributed by atoms with Crippen LogP contribution in [0.2, 0.25) is 0 Å². The van der Waals surface area contributed by atoms with Gasteiger partial charge in [-0.05, 0) is 62.3 Å². The number of nitrogens with one attached hydrogen (secondary N) is 3. The number of hydrogen-bond acceptors (Lipinski definition) is 5. The minimum absolute atomic E-state index is 0.0350. The standard InChI is InChI=1S/C20H23N3O4S/c1-4-26-16-10-6-9-15(11-16)19(25)21-20(28)23-22-17(24)12-27-18-13(2)7-5-8-14(18)3/h5-11H,4,12H2,1-3H3,(H,22,24)(H2,21,23,25,28). The first kappa shape index (κ1) is 21.2. The van der Waals surface area contributed by atoms with Crippen molar-refractivity contribution in [2.75, 3.05) is 13.2 Å². The Morgan fingerprint density at radius 1 is 1.00 bits per heavy atom. The smallest absolute Gasteiger partial charge is 0.276 e. The monoisotopic (exact) mass is 401 g/mol. The van der Waals surface area contributed by atoms with Crippen molar-refractivity contribution in [2.24, 2.45) is 0 Å². The predicted molar refractivity (Wildman–Crippen MR) is 110 cm³/mol. The van der Waals surface area contributed by atoms with E-state index in [1.165, 1.54) is 0 Å². The molecule has 0 saturated carbocycles. The van der Waals surface area contributed by atoms with Gasteiger partial charge in [0.15, 0.2) is 11.7 Å². The number of carbonyl (C=O) groups excluding carboxylic acids is 2. The van der Waals surface area contributed by atoms with Crippen LogP contribution in [0.3, 0.4) is 0 Å². The van der Waals surface area contributed by atoms with Gasteiger partial charge in [-0.25, -0.2) is 0 Å². The van der Waals surface area contributed by atoms with Crippen LogP contribution < -0.4 is 25.6 Å². The summed E-state index contributed by atoms with van der Waals surface area (Å²) >= 11 is 5.02. The number of carbonyl (C=O) groups is 2. The van der Waals surface area contributed by atoms with Crippen LogP contribution in [0.5, 0.6) is 11.5 Å². The maximum Gasteiger partial charge on any atom is 0.276 e. The molecule has 3 N–H and O–H groups in total. The highest BCUT2D eigenvalue weighted by molar-refractivity contribution is 7.80. The maximum absolute atomic E-state index is 12.2. The Hall–Kier alpha value is -3.13. The molecule has 0 heterocycles. The van der Waals surface area contributed by atoms with E-state index in [9.17, 15) is 9.59 Å². The van der Waals surface area contributed by atoms with Crippen molar-refractivity contribution in [3.63, 3.8) is 0 Å². The van der Waals surface area contributed by atoms with Crippen molar-refractivity contribution in [2.45, 2.75) is 20.8 Å². The molecule has 0 aliphatic heterocycles. The molecule has 0 bridgehead atoms. The minimum Gasteiger partial charge on any atom is -0.494 e. The van der Waals surface area contributed by atoms with Crippen molar-refractivity contribution in [1.29, 1.82) is 0 Å². The summed E-state index contributed by atoms with van der Waals surface area (Å²) in [5.41, 5.74) is 7.14. The Morgan fingerprint density at radius 3 is 2.36 bits per heavy atom. The molecule has 0 fully saturated rings. The molecule has 0 saturated heterocycles. The molecule has 8 heteroatoms. The predicted octanol–water partition coefficient (Wildman–Crippen LogP) is 2.42. The van der Waals surface area contributed by atoms with E-state index in [0.717, 1.165) is 11.1 Å². The van der Waals surface area contributed by atoms with E-state index in [1.807, 2.05) is 39.0 Å². The summed E-state index contributed by atoms with van der Waals surface area (Å²) in [7, 11) is 0. The van der Waals surface area contributed by atoms with Gasteiger partial charge in [0.25, 0.3) is 11.8 Å². The Bertz CT molecular complexity index is 850. The molecular formula is C20H23N3O4S. The number of thiocarbonyl (C=S) groups is 1. The molecular weight excluding hydrogens is 378 g/mol. The van der Waals surface area contributed by atoms with Gasteiger partial charge < -0.3 is 9.47 Å². The van der Waals surface area contributed by atoms with Gasteiger partial charge >= 0.3 is 0 Å². The molecule has 2 amide bonds. The average molecular weight is 401 g/mol. The van der Waals surface area contributed by atoms with Crippen LogP contribution in [-0.2, 0) is 4.79 Å². The average Bonchev–Trinajstić information content (AvgIpc) is 2.66. The molecule has 0 aliphatic rings. The van der Waals surface area contributed by atoms with Gasteiger partial charge in [-0.3, -0.25) is 25.8 Å². The van der Waals surface area contributed by atoms with Crippen LogP contribution in [0.25, 0.3) is 0 Å². The zero-order chi connectivity index (χ0) is 20.5. The second-order valence-corrected chi connectivity index (χ2v) is 6.34. The quantitative estimate of drug-likeness (QED) is 0.509. The molecule has 0 aliphatic carbocycles. The van der Waals surface area contributed by atoms with Crippen LogP contribution in [0.1, 0.15) is 28.4 Å². The zero-order valence-electron chi connectivity index (χ0n) is 16.0. The third-order valence-electron chi connectivity index (χ3n) is 3.71. The van der Waals surface area contributed by atoms with Gasteiger partial charge in [-0.1, -0.05) is 24.3 Å². The fourth-order valence-corrected chi connectivity index (χ4v) is 2.57. The van der Waals surface area contributed by atoms with E-state index in [-0.39, 0.29) is 11.7 Å². The lowest BCUT2D eigenvalue weighted by molar-refractivity contribution is -0.123. The van der Waals surface area contributed by atoms with Gasteiger partial charge in [0, 0.05) is 5.56 Å². The van der Waals surface area contributed by atoms with E-state index >= 15 is 0 Å². The third-order valence-corrected chi connectivity index (χ3v) is 3.91. The van der Waals surface area contributed by atoms with E-state index in [1.54, 1.807) is 24.3 Å². The van der Waals surface area contributed by atoms with E-state index in [2.05, 4.69) is 16.2 Å². The van der Waals surface area contributed by atoms with E-state index in [0.29, 0.717) is 23.7 Å². The SMILES string of the molecule is CCOc1cccc(C(=O)NC(=S)NNC(=O)COc2c(C)cccc2C)c1. The van der Waals surface area contributed by atoms with Gasteiger partial charge in [0.2, 0.25) is 0 Å². The van der Waals surface area contributed by atoms with Gasteiger partial charge in [-0.2, -0.15) is 0 Å². The number of para-hydroxylation sites is 1. The first-order valence-electron chi connectivity index (χ1n) is 8.72. The van der Waals surface area contributed by atoms with Crippen LogP contribution in [0.4, 0.5) is 0 Å². The number of ether oxygens (including phenoxy) is 2. The Kier molecular flexibility index (Phi) is 7.76. The molecule has 148 valence electrons. The molecule has 0 aromatic heterocycles. The molecule has 0 spiro atoms. The molecule has 2 rings (SSSR count). The normalized spacial score (nSPS) is 9.96. The highest BCUT2D eigenvalue weighted by atomic mass is 32.1. The zero-order valence-corrected chi connectivity index (χ0v) is 16.8. The lowest BCUT2D eigenvalue weighted by Gasteiger charge is -2.13. The van der Waals surface area contributed by atoms with E-state index in [4.69, 9.17) is 21.7 Å². The van der Waals surface area contributed by atoms with Crippen LogP contribution >= 0.6 is 12.2 Å². The van der Waals surface area contributed by atoms with Crippen molar-refractivity contribution in [1.82, 2.24) is 16.2 Å². The van der Waals surface area contributed by atoms with E-state index < -0.39 is 11.8 Å². The summed E-state index contributed by atoms with van der Waals surface area (Å²) in [5, 5.41) is 2.45. The fourth-order valence-electron chi connectivity index (χ4n) is 2.43. The van der Waals surface area contributed by atoms with Gasteiger partial charge in [0.05, 0.1) is 6.61 Å². The minimum atomic E-state index is -0.433. The van der Waals surface area contributed by atoms with Gasteiger partial charge in [0.1, 0.15) is 11.5 Å². The summed E-state index contributed by atoms with van der Waals surface area (Å²) in [6.45, 7) is 5.98. The fraction of sp³-hybridized carbons (Fsp3) is 0.250. The molecule has 2 aromatic carbocycles. The molecule has 2 aromatic rings. The Morgan fingerprint density at radius 2 is 1.68 bits per heavy atom. The molecule has 0 radical (unpaired) electrons. The highest BCUT2D eigenvalue weighted by Gasteiger charge is 2.11. The largest absolute Gasteiger partial charge is 0.494 e. The lowest BCUT2D eigenvalue weighted by Crippen LogP contribution is -2.49. The summed E-state index contributed by atoms with van der Waals surface area (Å²) in [6.07, 6.45) is 0. The first-order chi connectivity index (χ1) is 13.4. The Labute approximate surface area is 169 Å². The Balaban J connectivity index is 1.79. The van der Waals surface area contributed by atoms with Crippen LogP contribution in [-0.4, -0.2) is 30.1 Å². The summed E-state index contributed by atoms with van der Waals surface area (Å²) in [6, 6.07) is 12.4. The number of benzene rings is 2. The number of hydrazine groups is 1. The van der Waals surface area contributed by atoms with Crippen molar-refractivity contribution < 1.29 is 19.1 Å². The first-order valence-corrected chi connectivity index (χ1v) is 9.13. The van der Waals surface area contributed by atoms with Crippen molar-refractivity contribution >= 4 is 29.1 Å². The molecule has 0 atom stereocenters. The summed E-state index contributed by atoms with van der Waals surface area (Å²) in [5.74, 6) is 0.409. The topological polar surface area (TPSA) is 88.7 Å². The van der Waals surface area contributed by atoms with Crippen LogP contribution in [0.15, 0.2) is 42.5 Å². The molecule has 7 nitrogen and oxygen atoms in total. The van der Waals surface area contributed by atoms with Crippen LogP contribution in [0, 0.1) is 13.8 Å². The highest BCUT2D eigenvalue weighted by Crippen LogP contribution is 2.21. The summed E-state index contributed by atoms with van der Waals surface area (Å²) in [4.78, 5) is 24.1. The second kappa shape index (κ2) is 10.3. The van der Waals surface area contributed by atoms with Crippen molar-refractivity contribution in [3.05, 3.63) is 59.2 Å². The maximum atomic E-state index is 12.2. The van der Waals surface area contributed by atoms with Crippen molar-refractivity contribution in [3.8, 4) is 11.5 Å². The number of hydrogen-bond donors (Lipinski definition) is 3. The third kappa shape index (κ3) is 6.24.